The number of hydrogen-bond donors (Lipinski definition) is 3. The highest BCUT2D eigenvalue weighted by Gasteiger charge is 2.28. The lowest BCUT2D eigenvalue weighted by molar-refractivity contribution is -0.678. The summed E-state index contributed by atoms with van der Waals surface area (Å²) in [5.41, 5.74) is 1.09. The number of carboxylic acid groups (broad SMARTS) is 2. The molecule has 0 unspecified atom stereocenters. The van der Waals surface area contributed by atoms with Crippen molar-refractivity contribution in [1.29, 1.82) is 0 Å². The van der Waals surface area contributed by atoms with Gasteiger partial charge in [0.25, 0.3) is 15.6 Å². The average Bonchev–Trinajstić information content (AvgIpc) is 3.48. The summed E-state index contributed by atoms with van der Waals surface area (Å²) in [6, 6.07) is 7.67. The van der Waals surface area contributed by atoms with E-state index in [4.69, 9.17) is 19.4 Å². The van der Waals surface area contributed by atoms with E-state index in [-0.39, 0.29) is 17.7 Å². The molecule has 1 aliphatic rings. The number of aromatic nitrogens is 1. The number of nitrogens with zero attached hydrogens (tertiary/aromatic N) is 2. The molecule has 0 fully saturated rings. The normalized spacial score (nSPS) is 14.4. The summed E-state index contributed by atoms with van der Waals surface area (Å²) in [6.45, 7) is 0.697. The SMILES string of the molecule is O=C(O)CCCCCN1/C(=C/C=C/c2oc3ccc(S(=O)(=O)[O-])cc3[n+]2CCCCCC(=O)O)Oc2ccc(S(=O)(=O)O)cc21. The molecule has 0 radical (unpaired) electrons. The van der Waals surface area contributed by atoms with E-state index in [0.29, 0.717) is 85.9 Å². The number of hydrogen-bond acceptors (Lipinski definition) is 10. The summed E-state index contributed by atoms with van der Waals surface area (Å²) in [5, 5.41) is 17.8. The predicted octanol–water partition coefficient (Wildman–Crippen LogP) is 3.91. The van der Waals surface area contributed by atoms with Gasteiger partial charge in [0.15, 0.2) is 12.3 Å². The van der Waals surface area contributed by atoms with Crippen molar-refractivity contribution < 1.29 is 59.5 Å². The molecular weight excluding hydrogens is 632 g/mol. The Hall–Kier alpha value is -4.25. The van der Waals surface area contributed by atoms with Gasteiger partial charge >= 0.3 is 17.8 Å². The molecule has 2 heterocycles. The molecular formula is C29H32N2O12S2. The first kappa shape index (κ1) is 33.6. The summed E-state index contributed by atoms with van der Waals surface area (Å²) in [4.78, 5) is 22.7. The fourth-order valence-corrected chi connectivity index (χ4v) is 5.84. The first-order valence-electron chi connectivity index (χ1n) is 14.1. The van der Waals surface area contributed by atoms with Gasteiger partial charge in [-0.05, 0) is 68.2 Å². The van der Waals surface area contributed by atoms with Crippen LogP contribution in [0.25, 0.3) is 17.2 Å². The van der Waals surface area contributed by atoms with E-state index in [9.17, 15) is 35.5 Å². The predicted molar refractivity (Wildman–Crippen MR) is 158 cm³/mol. The van der Waals surface area contributed by atoms with Crippen LogP contribution in [0.5, 0.6) is 5.75 Å². The van der Waals surface area contributed by atoms with E-state index in [1.165, 1.54) is 30.3 Å². The molecule has 2 aromatic carbocycles. The van der Waals surface area contributed by atoms with Crippen LogP contribution in [-0.4, -0.2) is 54.6 Å². The van der Waals surface area contributed by atoms with Crippen molar-refractivity contribution in [2.24, 2.45) is 0 Å². The third-order valence-electron chi connectivity index (χ3n) is 7.01. The molecule has 16 heteroatoms. The van der Waals surface area contributed by atoms with Crippen LogP contribution in [0.4, 0.5) is 5.69 Å². The molecule has 0 bridgehead atoms. The number of unbranched alkanes of at least 4 members (excludes halogenated alkanes) is 4. The third kappa shape index (κ3) is 8.91. The Labute approximate surface area is 259 Å². The van der Waals surface area contributed by atoms with E-state index < -0.39 is 37.1 Å². The van der Waals surface area contributed by atoms with Crippen LogP contribution in [0.1, 0.15) is 57.3 Å². The summed E-state index contributed by atoms with van der Waals surface area (Å²) in [6.07, 6.45) is 8.01. The van der Waals surface area contributed by atoms with Gasteiger partial charge in [0, 0.05) is 31.9 Å². The van der Waals surface area contributed by atoms with Gasteiger partial charge in [-0.3, -0.25) is 14.1 Å². The van der Waals surface area contributed by atoms with Gasteiger partial charge in [-0.25, -0.2) is 8.42 Å². The number of ether oxygens (including phenoxy) is 1. The minimum Gasteiger partial charge on any atom is -0.744 e. The van der Waals surface area contributed by atoms with Gasteiger partial charge in [0.05, 0.1) is 21.6 Å². The number of anilines is 1. The fourth-order valence-electron chi connectivity index (χ4n) is 4.85. The Balaban J connectivity index is 1.63. The van der Waals surface area contributed by atoms with Gasteiger partial charge in [0.2, 0.25) is 11.5 Å². The first-order valence-corrected chi connectivity index (χ1v) is 16.9. The lowest BCUT2D eigenvalue weighted by atomic mass is 10.2. The Morgan fingerprint density at radius 1 is 0.889 bits per heavy atom. The second-order valence-electron chi connectivity index (χ2n) is 10.3. The van der Waals surface area contributed by atoms with Crippen molar-refractivity contribution in [3.63, 3.8) is 0 Å². The first-order chi connectivity index (χ1) is 21.2. The molecule has 3 aromatic rings. The van der Waals surface area contributed by atoms with Crippen LogP contribution in [-0.2, 0) is 36.4 Å². The standard InChI is InChI=1S/C29H32N2O12S2/c32-28(33)10-3-1-5-16-30-22-18-20(44(36,37)38)12-14-24(22)42-26(30)8-7-9-27-31(17-6-2-4-11-29(34)35)23-19-21(45(39,40)41)13-15-25(23)43-27/h7-9,12-15,18-19H,1-6,10-11,16-17H2,(H3-,32,33,34,35,36,37,38,39,40,41). The molecule has 242 valence electrons. The van der Waals surface area contributed by atoms with Crippen LogP contribution in [0.2, 0.25) is 0 Å². The molecule has 45 heavy (non-hydrogen) atoms. The molecule has 14 nitrogen and oxygen atoms in total. The molecule has 0 saturated heterocycles. The zero-order valence-corrected chi connectivity index (χ0v) is 25.6. The molecule has 0 saturated carbocycles. The molecule has 1 aromatic heterocycles. The van der Waals surface area contributed by atoms with Gasteiger partial charge in [0.1, 0.15) is 10.1 Å². The molecule has 0 aliphatic carbocycles. The number of aliphatic carboxylic acids is 2. The number of carboxylic acids is 2. The van der Waals surface area contributed by atoms with Crippen LogP contribution < -0.4 is 14.2 Å². The highest BCUT2D eigenvalue weighted by molar-refractivity contribution is 7.86. The largest absolute Gasteiger partial charge is 0.744 e. The van der Waals surface area contributed by atoms with E-state index >= 15 is 0 Å². The van der Waals surface area contributed by atoms with Crippen LogP contribution in [0.15, 0.2) is 68.6 Å². The second-order valence-corrected chi connectivity index (χ2v) is 13.1. The van der Waals surface area contributed by atoms with Crippen molar-refractivity contribution in [3.8, 4) is 5.75 Å². The van der Waals surface area contributed by atoms with Crippen molar-refractivity contribution in [1.82, 2.24) is 0 Å². The Kier molecular flexibility index (Phi) is 10.6. The molecule has 0 atom stereocenters. The van der Waals surface area contributed by atoms with E-state index in [2.05, 4.69) is 0 Å². The smallest absolute Gasteiger partial charge is 0.374 e. The van der Waals surface area contributed by atoms with Gasteiger partial charge < -0.3 is 28.8 Å². The number of benzene rings is 2. The summed E-state index contributed by atoms with van der Waals surface area (Å²) >= 11 is 0. The van der Waals surface area contributed by atoms with E-state index in [0.717, 1.165) is 6.07 Å². The Morgan fingerprint density at radius 3 is 2.20 bits per heavy atom. The lowest BCUT2D eigenvalue weighted by Gasteiger charge is -2.18. The number of fused-ring (bicyclic) bond motifs is 2. The van der Waals surface area contributed by atoms with Crippen LogP contribution in [0.3, 0.4) is 0 Å². The number of rotatable bonds is 16. The van der Waals surface area contributed by atoms with E-state index in [1.807, 2.05) is 0 Å². The zero-order valence-electron chi connectivity index (χ0n) is 24.0. The maximum Gasteiger partial charge on any atom is 0.374 e. The molecule has 0 spiro atoms. The molecule has 1 aliphatic heterocycles. The maximum atomic E-state index is 11.8. The van der Waals surface area contributed by atoms with Crippen LogP contribution in [0, 0.1) is 0 Å². The monoisotopic (exact) mass is 664 g/mol. The number of aryl methyl sites for hydroxylation is 1. The van der Waals surface area contributed by atoms with Gasteiger partial charge in [-0.15, -0.1) is 0 Å². The van der Waals surface area contributed by atoms with Crippen molar-refractivity contribution >= 4 is 55.0 Å². The summed E-state index contributed by atoms with van der Waals surface area (Å²) in [7, 11) is -9.22. The quantitative estimate of drug-likeness (QED) is 0.113. The molecule has 4 rings (SSSR count). The number of carbonyl (C=O) groups is 2. The average molecular weight is 665 g/mol. The van der Waals surface area contributed by atoms with Gasteiger partial charge in [-0.2, -0.15) is 13.0 Å². The highest BCUT2D eigenvalue weighted by Crippen LogP contribution is 2.40. The number of allylic oxidation sites excluding steroid dienone is 2. The number of oxazole rings is 1. The third-order valence-corrected chi connectivity index (χ3v) is 8.69. The van der Waals surface area contributed by atoms with Crippen molar-refractivity contribution in [2.75, 3.05) is 11.4 Å². The molecule has 0 amide bonds. The van der Waals surface area contributed by atoms with Crippen LogP contribution >= 0.6 is 0 Å². The van der Waals surface area contributed by atoms with Crippen molar-refractivity contribution in [3.05, 3.63) is 60.3 Å². The lowest BCUT2D eigenvalue weighted by Crippen LogP contribution is -2.35. The Morgan fingerprint density at radius 2 is 1.56 bits per heavy atom. The molecule has 3 N–H and O–H groups in total. The Bertz CT molecular complexity index is 1860. The topological polar surface area (TPSA) is 216 Å². The minimum atomic E-state index is -4.73. The van der Waals surface area contributed by atoms with E-state index in [1.54, 1.807) is 27.7 Å². The fraction of sp³-hybridized carbons (Fsp3) is 0.345. The maximum absolute atomic E-state index is 11.8. The van der Waals surface area contributed by atoms with Crippen molar-refractivity contribution in [2.45, 2.75) is 67.7 Å². The van der Waals surface area contributed by atoms with Gasteiger partial charge in [-0.1, -0.05) is 6.42 Å². The summed E-state index contributed by atoms with van der Waals surface area (Å²) in [5.74, 6) is -0.826. The minimum absolute atomic E-state index is 0.0138. The zero-order chi connectivity index (χ0) is 32.8. The summed E-state index contributed by atoms with van der Waals surface area (Å²) < 4.78 is 81.6. The highest BCUT2D eigenvalue weighted by atomic mass is 32.2. The second kappa shape index (κ2) is 14.2.